The lowest BCUT2D eigenvalue weighted by molar-refractivity contribution is -0.107. The summed E-state index contributed by atoms with van der Waals surface area (Å²) in [5.41, 5.74) is 2.03. The maximum Gasteiger partial charge on any atom is 0.150 e. The fourth-order valence-corrected chi connectivity index (χ4v) is 4.02. The first-order valence-electron chi connectivity index (χ1n) is 7.61. The third-order valence-corrected chi connectivity index (χ3v) is 5.31. The van der Waals surface area contributed by atoms with Gasteiger partial charge in [0.05, 0.1) is 11.7 Å². The second-order valence-electron chi connectivity index (χ2n) is 5.55. The van der Waals surface area contributed by atoms with Crippen LogP contribution in [0.5, 0.6) is 0 Å². The zero-order chi connectivity index (χ0) is 15.5. The van der Waals surface area contributed by atoms with Gasteiger partial charge in [0.25, 0.3) is 0 Å². The van der Waals surface area contributed by atoms with Crippen LogP contribution in [0.1, 0.15) is 43.9 Å². The van der Waals surface area contributed by atoms with Crippen LogP contribution in [0.25, 0.3) is 10.9 Å². The minimum Gasteiger partial charge on any atom is -0.356 e. The lowest BCUT2D eigenvalue weighted by atomic mass is 10.1. The highest BCUT2D eigenvalue weighted by Crippen LogP contribution is 2.36. The van der Waals surface area contributed by atoms with E-state index in [1.54, 1.807) is 0 Å². The number of aldehydes is 1. The molecule has 0 N–H and O–H groups in total. The van der Waals surface area contributed by atoms with E-state index in [9.17, 15) is 4.79 Å². The van der Waals surface area contributed by atoms with Gasteiger partial charge in [0.1, 0.15) is 6.29 Å². The summed E-state index contributed by atoms with van der Waals surface area (Å²) in [6.07, 6.45) is 8.17. The fraction of sp³-hybridized carbons (Fsp3) is 0.500. The molecular formula is C16H18BrClN2O2. The number of rotatable bonds is 5. The number of hydrogen-bond acceptors (Lipinski definition) is 3. The van der Waals surface area contributed by atoms with Gasteiger partial charge in [0, 0.05) is 27.9 Å². The van der Waals surface area contributed by atoms with Crippen LogP contribution in [0.2, 0.25) is 5.02 Å². The minimum atomic E-state index is -0.00451. The Morgan fingerprint density at radius 2 is 2.36 bits per heavy atom. The molecule has 2 heterocycles. The van der Waals surface area contributed by atoms with Crippen LogP contribution in [-0.2, 0) is 16.0 Å². The van der Waals surface area contributed by atoms with Crippen LogP contribution in [0.15, 0.2) is 16.7 Å². The molecule has 118 valence electrons. The first kappa shape index (κ1) is 16.0. The topological polar surface area (TPSA) is 44.1 Å². The fourth-order valence-electron chi connectivity index (χ4n) is 2.90. The molecule has 1 atom stereocenters. The van der Waals surface area contributed by atoms with E-state index < -0.39 is 0 Å². The molecule has 1 aromatic heterocycles. The second-order valence-corrected chi connectivity index (χ2v) is 6.75. The van der Waals surface area contributed by atoms with Crippen molar-refractivity contribution in [3.63, 3.8) is 0 Å². The number of aromatic nitrogens is 2. The van der Waals surface area contributed by atoms with E-state index in [0.717, 1.165) is 65.9 Å². The second kappa shape index (κ2) is 7.11. The summed E-state index contributed by atoms with van der Waals surface area (Å²) < 4.78 is 8.73. The van der Waals surface area contributed by atoms with E-state index in [1.165, 1.54) is 0 Å². The van der Waals surface area contributed by atoms with Gasteiger partial charge in [-0.05, 0) is 59.7 Å². The molecule has 22 heavy (non-hydrogen) atoms. The number of benzene rings is 1. The Kier molecular flexibility index (Phi) is 5.16. The number of fused-ring (bicyclic) bond motifs is 1. The van der Waals surface area contributed by atoms with E-state index in [4.69, 9.17) is 16.3 Å². The molecule has 1 aromatic carbocycles. The molecule has 1 unspecified atom stereocenters. The van der Waals surface area contributed by atoms with Crippen molar-refractivity contribution in [2.45, 2.75) is 44.8 Å². The summed E-state index contributed by atoms with van der Waals surface area (Å²) in [5, 5.41) is 6.26. The zero-order valence-electron chi connectivity index (χ0n) is 12.2. The molecule has 0 aliphatic carbocycles. The largest absolute Gasteiger partial charge is 0.356 e. The van der Waals surface area contributed by atoms with Crippen molar-refractivity contribution in [3.05, 3.63) is 27.3 Å². The van der Waals surface area contributed by atoms with Crippen molar-refractivity contribution in [2.24, 2.45) is 0 Å². The summed E-state index contributed by atoms with van der Waals surface area (Å²) in [4.78, 5) is 10.5. The van der Waals surface area contributed by atoms with Gasteiger partial charge in [-0.1, -0.05) is 11.6 Å². The number of halogens is 2. The molecule has 1 fully saturated rings. The highest BCUT2D eigenvalue weighted by Gasteiger charge is 2.21. The molecule has 6 heteroatoms. The minimum absolute atomic E-state index is 0.00451. The summed E-state index contributed by atoms with van der Waals surface area (Å²) in [7, 11) is 0. The number of ether oxygens (including phenoxy) is 1. The third-order valence-electron chi connectivity index (χ3n) is 4.06. The number of hydrogen-bond donors (Lipinski definition) is 0. The molecule has 1 aliphatic rings. The zero-order valence-corrected chi connectivity index (χ0v) is 14.6. The number of nitrogens with zero attached hydrogens (tertiary/aromatic N) is 2. The lowest BCUT2D eigenvalue weighted by Gasteiger charge is -2.23. The Labute approximate surface area is 142 Å². The Morgan fingerprint density at radius 3 is 3.09 bits per heavy atom. The van der Waals surface area contributed by atoms with Gasteiger partial charge in [-0.2, -0.15) is 5.10 Å². The van der Waals surface area contributed by atoms with E-state index in [2.05, 4.69) is 21.0 Å². The molecule has 0 amide bonds. The summed E-state index contributed by atoms with van der Waals surface area (Å²) in [6, 6.07) is 1.96. The number of carbonyl (C=O) groups excluding carboxylic acids is 1. The van der Waals surface area contributed by atoms with Crippen molar-refractivity contribution in [2.75, 3.05) is 6.61 Å². The normalized spacial score (nSPS) is 18.7. The van der Waals surface area contributed by atoms with E-state index >= 15 is 0 Å². The van der Waals surface area contributed by atoms with Crippen molar-refractivity contribution < 1.29 is 9.53 Å². The van der Waals surface area contributed by atoms with Gasteiger partial charge in [0.15, 0.2) is 6.23 Å². The molecule has 3 rings (SSSR count). The first-order chi connectivity index (χ1) is 10.7. The van der Waals surface area contributed by atoms with Crippen molar-refractivity contribution in [1.29, 1.82) is 0 Å². The summed E-state index contributed by atoms with van der Waals surface area (Å²) in [6.45, 7) is 0.782. The molecule has 0 radical (unpaired) electrons. The van der Waals surface area contributed by atoms with Gasteiger partial charge >= 0.3 is 0 Å². The molecular weight excluding hydrogens is 368 g/mol. The van der Waals surface area contributed by atoms with Gasteiger partial charge in [-0.3, -0.25) is 0 Å². The molecule has 4 nitrogen and oxygen atoms in total. The first-order valence-corrected chi connectivity index (χ1v) is 8.79. The van der Waals surface area contributed by atoms with Crippen LogP contribution in [-0.4, -0.2) is 22.7 Å². The van der Waals surface area contributed by atoms with Crippen molar-refractivity contribution in [1.82, 2.24) is 9.78 Å². The molecule has 1 saturated heterocycles. The Bertz CT molecular complexity index is 680. The standard InChI is InChI=1S/C16H18BrClN2O2/c17-16-11(5-1-3-7-21)13(18)9-14-12(16)10-19-20(14)15-6-2-4-8-22-15/h7,9-10,15H,1-6,8H2. The summed E-state index contributed by atoms with van der Waals surface area (Å²) in [5.74, 6) is 0. The van der Waals surface area contributed by atoms with E-state index in [0.29, 0.717) is 11.4 Å². The third kappa shape index (κ3) is 3.07. The van der Waals surface area contributed by atoms with Crippen molar-refractivity contribution in [3.8, 4) is 0 Å². The lowest BCUT2D eigenvalue weighted by Crippen LogP contribution is -2.18. The highest BCUT2D eigenvalue weighted by molar-refractivity contribution is 9.10. The molecule has 1 aliphatic heterocycles. The van der Waals surface area contributed by atoms with Crippen LogP contribution >= 0.6 is 27.5 Å². The maximum atomic E-state index is 10.5. The quantitative estimate of drug-likeness (QED) is 0.555. The predicted octanol–water partition coefficient (Wildman–Crippen LogP) is 4.67. The average molecular weight is 386 g/mol. The van der Waals surface area contributed by atoms with Gasteiger partial charge < -0.3 is 9.53 Å². The smallest absolute Gasteiger partial charge is 0.150 e. The van der Waals surface area contributed by atoms with Crippen molar-refractivity contribution >= 4 is 44.7 Å². The molecule has 0 saturated carbocycles. The number of carbonyl (C=O) groups is 1. The highest BCUT2D eigenvalue weighted by atomic mass is 79.9. The maximum absolute atomic E-state index is 10.5. The monoisotopic (exact) mass is 384 g/mol. The van der Waals surface area contributed by atoms with E-state index in [-0.39, 0.29) is 6.23 Å². The van der Waals surface area contributed by atoms with Crippen LogP contribution in [0.3, 0.4) is 0 Å². The molecule has 2 aromatic rings. The average Bonchev–Trinajstić information content (AvgIpc) is 2.95. The SMILES string of the molecule is O=CCCCc1c(Cl)cc2c(cnn2C2CCCCO2)c1Br. The van der Waals surface area contributed by atoms with Gasteiger partial charge in [-0.15, -0.1) is 0 Å². The van der Waals surface area contributed by atoms with Crippen LogP contribution in [0.4, 0.5) is 0 Å². The summed E-state index contributed by atoms with van der Waals surface area (Å²) >= 11 is 10.1. The Morgan fingerprint density at radius 1 is 1.50 bits per heavy atom. The van der Waals surface area contributed by atoms with Crippen LogP contribution in [0, 0.1) is 0 Å². The van der Waals surface area contributed by atoms with Gasteiger partial charge in [0.2, 0.25) is 0 Å². The Hall–Kier alpha value is -0.910. The number of unbranched alkanes of at least 4 members (excludes halogenated alkanes) is 1. The van der Waals surface area contributed by atoms with Crippen LogP contribution < -0.4 is 0 Å². The molecule has 0 spiro atoms. The van der Waals surface area contributed by atoms with E-state index in [1.807, 2.05) is 16.9 Å². The Balaban J connectivity index is 1.96. The predicted molar refractivity (Wildman–Crippen MR) is 90.3 cm³/mol. The molecule has 0 bridgehead atoms. The van der Waals surface area contributed by atoms with Gasteiger partial charge in [-0.25, -0.2) is 4.68 Å².